The zero-order chi connectivity index (χ0) is 42.3. The van der Waals surface area contributed by atoms with Gasteiger partial charge in [-0.15, -0.1) is 0 Å². The van der Waals surface area contributed by atoms with Crippen LogP contribution in [0.25, 0.3) is 0 Å². The lowest BCUT2D eigenvalue weighted by Gasteiger charge is -2.20. The Kier molecular flexibility index (Phi) is 44.4. The average molecular weight is 834 g/mol. The van der Waals surface area contributed by atoms with Crippen molar-refractivity contribution in [2.24, 2.45) is 5.73 Å². The van der Waals surface area contributed by atoms with Gasteiger partial charge in [-0.2, -0.15) is 0 Å². The Hall–Kier alpha value is -2.06. The molecule has 0 aromatic heterocycles. The van der Waals surface area contributed by atoms with E-state index in [0.717, 1.165) is 83.5 Å². The summed E-state index contributed by atoms with van der Waals surface area (Å²) in [7, 11) is -4.29. The molecule has 0 saturated carbocycles. The standard InChI is InChI=1S/C49H88NO7P/c1-3-5-7-9-11-13-15-17-19-20-21-22-23-24-25-26-27-28-29-30-32-34-36-38-40-42-49(51)57-48(47-56-58(52,53)55-45-43-50)46-54-44-41-39-37-35-33-31-18-16-14-12-10-8-6-4-2/h6,8,12,14-15,17-18,20-21,23-24,31,48H,3-5,7,9-11,13,16,19,22,25-30,32-47,50H2,1-2H3,(H,52,53)/b8-6-,14-12-,17-15-,21-20-,24-23-,31-18-. The number of carbonyl (C=O) groups excluding carboxylic acids is 1. The second kappa shape index (κ2) is 46.0. The van der Waals surface area contributed by atoms with Gasteiger partial charge in [0.15, 0.2) is 0 Å². The number of esters is 1. The molecule has 2 unspecified atom stereocenters. The van der Waals surface area contributed by atoms with E-state index in [1.54, 1.807) is 0 Å². The van der Waals surface area contributed by atoms with Gasteiger partial charge in [0.1, 0.15) is 6.10 Å². The van der Waals surface area contributed by atoms with E-state index >= 15 is 0 Å². The lowest BCUT2D eigenvalue weighted by Crippen LogP contribution is -2.28. The van der Waals surface area contributed by atoms with Gasteiger partial charge in [0.25, 0.3) is 0 Å². The van der Waals surface area contributed by atoms with Crippen molar-refractivity contribution in [2.75, 3.05) is 33.0 Å². The summed E-state index contributed by atoms with van der Waals surface area (Å²) >= 11 is 0. The summed E-state index contributed by atoms with van der Waals surface area (Å²) in [5, 5.41) is 0. The third-order valence-corrected chi connectivity index (χ3v) is 10.6. The van der Waals surface area contributed by atoms with Crippen molar-refractivity contribution in [1.82, 2.24) is 0 Å². The van der Waals surface area contributed by atoms with Crippen molar-refractivity contribution >= 4 is 13.8 Å². The van der Waals surface area contributed by atoms with Crippen LogP contribution in [0, 0.1) is 0 Å². The summed E-state index contributed by atoms with van der Waals surface area (Å²) < 4.78 is 33.4. The summed E-state index contributed by atoms with van der Waals surface area (Å²) in [4.78, 5) is 22.5. The molecule has 0 amide bonds. The maximum absolute atomic E-state index is 12.6. The SMILES string of the molecule is CC/C=C\C/C=C\C/C=C\CCCCCCOCC(COP(=O)(O)OCCN)OC(=O)CCCCCCCCCCCC/C=C\C/C=C\C/C=C\CCCCCCC. The first-order valence-corrected chi connectivity index (χ1v) is 24.9. The van der Waals surface area contributed by atoms with Gasteiger partial charge in [-0.05, 0) is 83.5 Å². The number of rotatable bonds is 44. The van der Waals surface area contributed by atoms with E-state index < -0.39 is 13.9 Å². The van der Waals surface area contributed by atoms with Crippen LogP contribution in [0.3, 0.4) is 0 Å². The minimum absolute atomic E-state index is 0.0924. The number of hydrogen-bond acceptors (Lipinski definition) is 7. The third-order valence-electron chi connectivity index (χ3n) is 9.61. The fraction of sp³-hybridized carbons (Fsp3) is 0.735. The van der Waals surface area contributed by atoms with Crippen LogP contribution in [-0.2, 0) is 27.9 Å². The molecule has 0 aromatic carbocycles. The number of unbranched alkanes of at least 4 members (excludes halogenated alkanes) is 19. The summed E-state index contributed by atoms with van der Waals surface area (Å²) in [6, 6.07) is 0. The van der Waals surface area contributed by atoms with Crippen molar-refractivity contribution in [1.29, 1.82) is 0 Å². The predicted octanol–water partition coefficient (Wildman–Crippen LogP) is 14.3. The number of allylic oxidation sites excluding steroid dienone is 12. The number of ether oxygens (including phenoxy) is 2. The minimum Gasteiger partial charge on any atom is -0.457 e. The molecule has 8 nitrogen and oxygen atoms in total. The molecule has 0 aliphatic heterocycles. The van der Waals surface area contributed by atoms with Crippen LogP contribution in [-0.4, -0.2) is 49.9 Å². The molecule has 0 aliphatic carbocycles. The van der Waals surface area contributed by atoms with E-state index in [2.05, 4.69) is 86.8 Å². The zero-order valence-corrected chi connectivity index (χ0v) is 38.2. The molecule has 9 heteroatoms. The Morgan fingerprint density at radius 3 is 1.45 bits per heavy atom. The van der Waals surface area contributed by atoms with Gasteiger partial charge in [-0.1, -0.05) is 177 Å². The molecule has 0 bridgehead atoms. The fourth-order valence-electron chi connectivity index (χ4n) is 6.19. The first-order chi connectivity index (χ1) is 28.4. The summed E-state index contributed by atoms with van der Waals surface area (Å²) in [6.07, 6.45) is 57.9. The van der Waals surface area contributed by atoms with Crippen LogP contribution >= 0.6 is 7.82 Å². The molecule has 0 radical (unpaired) electrons. The van der Waals surface area contributed by atoms with Gasteiger partial charge in [0.05, 0.1) is 19.8 Å². The molecular formula is C49H88NO7P. The van der Waals surface area contributed by atoms with Gasteiger partial charge >= 0.3 is 13.8 Å². The summed E-state index contributed by atoms with van der Waals surface area (Å²) in [5.74, 6) is -0.345. The van der Waals surface area contributed by atoms with Crippen molar-refractivity contribution in [3.05, 3.63) is 72.9 Å². The molecule has 0 rings (SSSR count). The number of phosphoric ester groups is 1. The Morgan fingerprint density at radius 1 is 0.534 bits per heavy atom. The predicted molar refractivity (Wildman–Crippen MR) is 247 cm³/mol. The number of nitrogens with two attached hydrogens (primary N) is 1. The maximum atomic E-state index is 12.6. The Morgan fingerprint density at radius 2 is 0.966 bits per heavy atom. The highest BCUT2D eigenvalue weighted by Crippen LogP contribution is 2.43. The third kappa shape index (κ3) is 45.0. The van der Waals surface area contributed by atoms with E-state index in [1.807, 2.05) is 0 Å². The van der Waals surface area contributed by atoms with Crippen LogP contribution in [0.2, 0.25) is 0 Å². The van der Waals surface area contributed by atoms with E-state index in [4.69, 9.17) is 24.3 Å². The molecule has 0 spiro atoms. The molecule has 0 saturated heterocycles. The summed E-state index contributed by atoms with van der Waals surface area (Å²) in [5.41, 5.74) is 5.37. The minimum atomic E-state index is -4.29. The second-order valence-electron chi connectivity index (χ2n) is 15.2. The van der Waals surface area contributed by atoms with E-state index in [9.17, 15) is 14.3 Å². The molecule has 58 heavy (non-hydrogen) atoms. The largest absolute Gasteiger partial charge is 0.472 e. The highest BCUT2D eigenvalue weighted by molar-refractivity contribution is 7.47. The molecule has 336 valence electrons. The number of carbonyl (C=O) groups is 1. The lowest BCUT2D eigenvalue weighted by atomic mass is 10.0. The average Bonchev–Trinajstić information content (AvgIpc) is 3.21. The van der Waals surface area contributed by atoms with Crippen LogP contribution < -0.4 is 5.73 Å². The molecule has 0 aliphatic rings. The molecular weight excluding hydrogens is 746 g/mol. The Balaban J connectivity index is 3.99. The van der Waals surface area contributed by atoms with E-state index in [0.29, 0.717) is 13.0 Å². The van der Waals surface area contributed by atoms with Gasteiger partial charge in [0.2, 0.25) is 0 Å². The fourth-order valence-corrected chi connectivity index (χ4v) is 6.96. The van der Waals surface area contributed by atoms with Gasteiger partial charge in [-0.3, -0.25) is 13.8 Å². The molecule has 2 atom stereocenters. The maximum Gasteiger partial charge on any atom is 0.472 e. The van der Waals surface area contributed by atoms with Crippen LogP contribution in [0.15, 0.2) is 72.9 Å². The van der Waals surface area contributed by atoms with Gasteiger partial charge in [0, 0.05) is 19.6 Å². The van der Waals surface area contributed by atoms with Crippen LogP contribution in [0.5, 0.6) is 0 Å². The first-order valence-electron chi connectivity index (χ1n) is 23.4. The zero-order valence-electron chi connectivity index (χ0n) is 37.3. The van der Waals surface area contributed by atoms with Crippen LogP contribution in [0.4, 0.5) is 0 Å². The highest BCUT2D eigenvalue weighted by Gasteiger charge is 2.25. The van der Waals surface area contributed by atoms with E-state index in [1.165, 1.54) is 89.9 Å². The molecule has 0 aromatic rings. The molecule has 0 heterocycles. The highest BCUT2D eigenvalue weighted by atomic mass is 31.2. The quantitative estimate of drug-likeness (QED) is 0.0270. The van der Waals surface area contributed by atoms with Gasteiger partial charge in [-0.25, -0.2) is 4.57 Å². The lowest BCUT2D eigenvalue weighted by molar-refractivity contribution is -0.154. The first kappa shape index (κ1) is 55.9. The van der Waals surface area contributed by atoms with Gasteiger partial charge < -0.3 is 20.1 Å². The van der Waals surface area contributed by atoms with Crippen molar-refractivity contribution in [3.63, 3.8) is 0 Å². The van der Waals surface area contributed by atoms with Crippen molar-refractivity contribution < 1.29 is 32.8 Å². The monoisotopic (exact) mass is 834 g/mol. The number of hydrogen-bond donors (Lipinski definition) is 2. The van der Waals surface area contributed by atoms with Crippen LogP contribution in [0.1, 0.15) is 194 Å². The Labute approximate surface area is 356 Å². The topological polar surface area (TPSA) is 117 Å². The normalized spacial score (nSPS) is 14.1. The second-order valence-corrected chi connectivity index (χ2v) is 16.7. The van der Waals surface area contributed by atoms with E-state index in [-0.39, 0.29) is 32.3 Å². The Bertz CT molecular complexity index is 1120. The number of phosphoric acid groups is 1. The smallest absolute Gasteiger partial charge is 0.457 e. The molecule has 3 N–H and O–H groups in total. The molecule has 0 fully saturated rings. The van der Waals surface area contributed by atoms with Crippen molar-refractivity contribution in [2.45, 2.75) is 200 Å². The summed E-state index contributed by atoms with van der Waals surface area (Å²) in [6.45, 7) is 4.73. The van der Waals surface area contributed by atoms with Crippen molar-refractivity contribution in [3.8, 4) is 0 Å².